The summed E-state index contributed by atoms with van der Waals surface area (Å²) in [5, 5.41) is 2.03. The number of ether oxygens (including phenoxy) is 2. The van der Waals surface area contributed by atoms with Crippen LogP contribution in [0.5, 0.6) is 11.5 Å². The molecule has 5 nitrogen and oxygen atoms in total. The summed E-state index contributed by atoms with van der Waals surface area (Å²) >= 11 is 1.66. The normalized spacial score (nSPS) is 17.0. The SMILES string of the molecule is COc1ccc(CCN(C)[C@@H]2CCCN(C(=O)Cc3cccs3)C2)cc1OC. The molecule has 0 spiro atoms. The van der Waals surface area contributed by atoms with Crippen molar-refractivity contribution in [1.82, 2.24) is 9.80 Å². The van der Waals surface area contributed by atoms with Crippen LogP contribution in [0.25, 0.3) is 0 Å². The van der Waals surface area contributed by atoms with Gasteiger partial charge in [0, 0.05) is 30.6 Å². The van der Waals surface area contributed by atoms with E-state index in [1.165, 1.54) is 5.56 Å². The molecule has 1 atom stereocenters. The van der Waals surface area contributed by atoms with Gasteiger partial charge in [0.2, 0.25) is 5.91 Å². The van der Waals surface area contributed by atoms with Crippen molar-refractivity contribution in [3.05, 3.63) is 46.2 Å². The highest BCUT2D eigenvalue weighted by Crippen LogP contribution is 2.28. The molecular formula is C22H30N2O3S. The number of amides is 1. The standard InChI is InChI=1S/C22H30N2O3S/c1-23(12-10-17-8-9-20(26-2)21(14-17)27-3)18-6-4-11-24(16-18)22(25)15-19-7-5-13-28-19/h5,7-9,13-14,18H,4,6,10-12,15-16H2,1-3H3/t18-/m1/s1. The topological polar surface area (TPSA) is 42.0 Å². The Kier molecular flexibility index (Phi) is 7.34. The summed E-state index contributed by atoms with van der Waals surface area (Å²) in [6.45, 7) is 2.66. The van der Waals surface area contributed by atoms with Gasteiger partial charge in [0.1, 0.15) is 0 Å². The zero-order valence-corrected chi connectivity index (χ0v) is 17.8. The van der Waals surface area contributed by atoms with Gasteiger partial charge in [-0.2, -0.15) is 0 Å². The van der Waals surface area contributed by atoms with E-state index in [2.05, 4.69) is 18.0 Å². The highest BCUT2D eigenvalue weighted by atomic mass is 32.1. The number of likely N-dealkylation sites (N-methyl/N-ethyl adjacent to an activating group) is 1. The van der Waals surface area contributed by atoms with E-state index in [0.717, 1.165) is 55.3 Å². The van der Waals surface area contributed by atoms with Crippen LogP contribution < -0.4 is 9.47 Å². The summed E-state index contributed by atoms with van der Waals surface area (Å²) in [5.41, 5.74) is 1.23. The largest absolute Gasteiger partial charge is 0.493 e. The Morgan fingerprint density at radius 2 is 2.07 bits per heavy atom. The first-order chi connectivity index (χ1) is 13.6. The summed E-state index contributed by atoms with van der Waals surface area (Å²) in [7, 11) is 5.48. The van der Waals surface area contributed by atoms with E-state index in [1.807, 2.05) is 34.5 Å². The van der Waals surface area contributed by atoms with Crippen molar-refractivity contribution in [3.8, 4) is 11.5 Å². The Morgan fingerprint density at radius 3 is 2.79 bits per heavy atom. The lowest BCUT2D eigenvalue weighted by atomic mass is 10.0. The number of hydrogen-bond donors (Lipinski definition) is 0. The van der Waals surface area contributed by atoms with E-state index in [4.69, 9.17) is 9.47 Å². The van der Waals surface area contributed by atoms with E-state index in [-0.39, 0.29) is 5.91 Å². The van der Waals surface area contributed by atoms with Crippen molar-refractivity contribution in [3.63, 3.8) is 0 Å². The van der Waals surface area contributed by atoms with Gasteiger partial charge in [-0.15, -0.1) is 11.3 Å². The first kappa shape index (κ1) is 20.7. The third-order valence-electron chi connectivity index (χ3n) is 5.48. The average Bonchev–Trinajstić information content (AvgIpc) is 3.24. The van der Waals surface area contributed by atoms with Gasteiger partial charge in [-0.1, -0.05) is 12.1 Å². The second kappa shape index (κ2) is 9.94. The molecule has 1 aromatic carbocycles. The van der Waals surface area contributed by atoms with Crippen LogP contribution in [0.4, 0.5) is 0 Å². The smallest absolute Gasteiger partial charge is 0.227 e. The number of carbonyl (C=O) groups is 1. The summed E-state index contributed by atoms with van der Waals surface area (Å²) in [5.74, 6) is 1.78. The van der Waals surface area contributed by atoms with Crippen molar-refractivity contribution < 1.29 is 14.3 Å². The predicted molar refractivity (Wildman–Crippen MR) is 114 cm³/mol. The molecule has 6 heteroatoms. The number of carbonyl (C=O) groups excluding carboxylic acids is 1. The van der Waals surface area contributed by atoms with Crippen LogP contribution in [-0.4, -0.2) is 62.7 Å². The van der Waals surface area contributed by atoms with Gasteiger partial charge in [0.25, 0.3) is 0 Å². The highest BCUT2D eigenvalue weighted by molar-refractivity contribution is 7.10. The van der Waals surface area contributed by atoms with E-state index < -0.39 is 0 Å². The summed E-state index contributed by atoms with van der Waals surface area (Å²) < 4.78 is 10.7. The Bertz CT molecular complexity index is 763. The molecule has 0 unspecified atom stereocenters. The van der Waals surface area contributed by atoms with Crippen LogP contribution in [0.1, 0.15) is 23.3 Å². The van der Waals surface area contributed by atoms with Crippen molar-refractivity contribution in [2.24, 2.45) is 0 Å². The predicted octanol–water partition coefficient (Wildman–Crippen LogP) is 3.47. The van der Waals surface area contributed by atoms with E-state index in [9.17, 15) is 4.79 Å². The first-order valence-corrected chi connectivity index (χ1v) is 10.7. The Balaban J connectivity index is 1.52. The van der Waals surface area contributed by atoms with Gasteiger partial charge in [-0.05, 0) is 55.5 Å². The van der Waals surface area contributed by atoms with E-state index in [0.29, 0.717) is 12.5 Å². The van der Waals surface area contributed by atoms with E-state index >= 15 is 0 Å². The molecule has 1 amide bonds. The van der Waals surface area contributed by atoms with Gasteiger partial charge in [0.05, 0.1) is 20.6 Å². The molecule has 0 saturated carbocycles. The maximum atomic E-state index is 12.6. The van der Waals surface area contributed by atoms with Crippen molar-refractivity contribution in [2.75, 3.05) is 40.9 Å². The first-order valence-electron chi connectivity index (χ1n) is 9.82. The average molecular weight is 403 g/mol. The molecule has 2 aromatic rings. The van der Waals surface area contributed by atoms with Crippen LogP contribution in [0.2, 0.25) is 0 Å². The Labute approximate surface area is 171 Å². The molecule has 0 radical (unpaired) electrons. The van der Waals surface area contributed by atoms with Gasteiger partial charge in [0.15, 0.2) is 11.5 Å². The van der Waals surface area contributed by atoms with Crippen molar-refractivity contribution >= 4 is 17.2 Å². The number of hydrogen-bond acceptors (Lipinski definition) is 5. The molecule has 0 aliphatic carbocycles. The summed E-state index contributed by atoms with van der Waals surface area (Å²) in [6, 6.07) is 10.6. The molecule has 28 heavy (non-hydrogen) atoms. The summed E-state index contributed by atoms with van der Waals surface area (Å²) in [6.07, 6.45) is 3.68. The molecule has 1 saturated heterocycles. The Morgan fingerprint density at radius 1 is 1.25 bits per heavy atom. The van der Waals surface area contributed by atoms with Crippen molar-refractivity contribution in [1.29, 1.82) is 0 Å². The number of benzene rings is 1. The lowest BCUT2D eigenvalue weighted by Crippen LogP contribution is -2.49. The highest BCUT2D eigenvalue weighted by Gasteiger charge is 2.26. The molecule has 1 aromatic heterocycles. The van der Waals surface area contributed by atoms with Gasteiger partial charge in [-0.3, -0.25) is 4.79 Å². The third kappa shape index (κ3) is 5.26. The second-order valence-electron chi connectivity index (χ2n) is 7.31. The van der Waals surface area contributed by atoms with Crippen LogP contribution in [-0.2, 0) is 17.6 Å². The summed E-state index contributed by atoms with van der Waals surface area (Å²) in [4.78, 5) is 18.2. The minimum atomic E-state index is 0.250. The zero-order chi connectivity index (χ0) is 19.9. The van der Waals surface area contributed by atoms with E-state index in [1.54, 1.807) is 25.6 Å². The second-order valence-corrected chi connectivity index (χ2v) is 8.34. The lowest BCUT2D eigenvalue weighted by molar-refractivity contribution is -0.132. The number of likely N-dealkylation sites (tertiary alicyclic amines) is 1. The number of methoxy groups -OCH3 is 2. The van der Waals surface area contributed by atoms with Gasteiger partial charge in [-0.25, -0.2) is 0 Å². The maximum absolute atomic E-state index is 12.6. The molecule has 1 aliphatic heterocycles. The molecule has 2 heterocycles. The molecule has 152 valence electrons. The molecule has 1 aliphatic rings. The quantitative estimate of drug-likeness (QED) is 0.678. The van der Waals surface area contributed by atoms with Crippen molar-refractivity contribution in [2.45, 2.75) is 31.7 Å². The molecular weight excluding hydrogens is 372 g/mol. The monoisotopic (exact) mass is 402 g/mol. The number of nitrogens with zero attached hydrogens (tertiary/aromatic N) is 2. The fourth-order valence-electron chi connectivity index (χ4n) is 3.74. The fraction of sp³-hybridized carbons (Fsp3) is 0.500. The number of thiophene rings is 1. The van der Waals surface area contributed by atoms with Gasteiger partial charge >= 0.3 is 0 Å². The third-order valence-corrected chi connectivity index (χ3v) is 6.36. The van der Waals surface area contributed by atoms with Crippen LogP contribution in [0, 0.1) is 0 Å². The lowest BCUT2D eigenvalue weighted by Gasteiger charge is -2.37. The minimum Gasteiger partial charge on any atom is -0.493 e. The molecule has 0 N–H and O–H groups in total. The minimum absolute atomic E-state index is 0.250. The van der Waals surface area contributed by atoms with Crippen LogP contribution >= 0.6 is 11.3 Å². The Hall–Kier alpha value is -2.05. The van der Waals surface area contributed by atoms with Crippen LogP contribution in [0.15, 0.2) is 35.7 Å². The number of rotatable bonds is 8. The van der Waals surface area contributed by atoms with Crippen LogP contribution in [0.3, 0.4) is 0 Å². The maximum Gasteiger partial charge on any atom is 0.227 e. The van der Waals surface area contributed by atoms with Gasteiger partial charge < -0.3 is 19.3 Å². The fourth-order valence-corrected chi connectivity index (χ4v) is 4.44. The molecule has 3 rings (SSSR count). The number of piperidine rings is 1. The zero-order valence-electron chi connectivity index (χ0n) is 17.0. The molecule has 0 bridgehead atoms. The molecule has 1 fully saturated rings.